The van der Waals surface area contributed by atoms with Crippen molar-refractivity contribution in [3.05, 3.63) is 48.1 Å². The van der Waals surface area contributed by atoms with Crippen LogP contribution in [0.3, 0.4) is 0 Å². The Bertz CT molecular complexity index is 340. The summed E-state index contributed by atoms with van der Waals surface area (Å²) in [5, 5.41) is 3.27. The zero-order valence-corrected chi connectivity index (χ0v) is 8.62. The van der Waals surface area contributed by atoms with E-state index in [1.54, 1.807) is 12.1 Å². The van der Waals surface area contributed by atoms with E-state index in [9.17, 15) is 4.39 Å². The van der Waals surface area contributed by atoms with Crippen LogP contribution in [-0.2, 0) is 0 Å². The van der Waals surface area contributed by atoms with Gasteiger partial charge in [0.25, 0.3) is 0 Å². The summed E-state index contributed by atoms with van der Waals surface area (Å²) < 4.78 is 12.9. The molecule has 1 saturated heterocycles. The van der Waals surface area contributed by atoms with Gasteiger partial charge in [-0.25, -0.2) is 4.39 Å². The molecule has 1 atom stereocenters. The molecule has 0 aromatic heterocycles. The fourth-order valence-corrected chi connectivity index (χ4v) is 1.74. The number of piperidine rings is 1. The monoisotopic (exact) mass is 204 g/mol. The molecule has 2 heteroatoms. The third-order valence-electron chi connectivity index (χ3n) is 2.60. The Labute approximate surface area is 90.0 Å². The van der Waals surface area contributed by atoms with Gasteiger partial charge in [0.05, 0.1) is 0 Å². The van der Waals surface area contributed by atoms with E-state index in [0.29, 0.717) is 5.92 Å². The van der Waals surface area contributed by atoms with Gasteiger partial charge in [0.15, 0.2) is 0 Å². The van der Waals surface area contributed by atoms with Crippen LogP contribution >= 0.6 is 0 Å². The third-order valence-corrected chi connectivity index (χ3v) is 2.60. The highest BCUT2D eigenvalue weighted by molar-refractivity contribution is 5.49. The average Bonchev–Trinajstić information content (AvgIpc) is 2.28. The Kier molecular flexibility index (Phi) is 3.51. The quantitative estimate of drug-likeness (QED) is 0.781. The van der Waals surface area contributed by atoms with Crippen molar-refractivity contribution in [3.8, 4) is 0 Å². The molecule has 1 nitrogen and oxygen atoms in total. The average molecular weight is 204 g/mol. The van der Waals surface area contributed by atoms with E-state index in [2.05, 4.69) is 17.8 Å². The molecule has 1 heterocycles. The summed E-state index contributed by atoms with van der Waals surface area (Å²) >= 11 is 0. The third kappa shape index (κ3) is 3.17. The molecule has 0 bridgehead atoms. The molecule has 1 unspecified atom stereocenters. The Hall–Kier alpha value is -1.15. The molecule has 1 fully saturated rings. The number of halogens is 1. The van der Waals surface area contributed by atoms with Crippen molar-refractivity contribution in [1.29, 1.82) is 0 Å². The van der Waals surface area contributed by atoms with E-state index in [4.69, 9.17) is 0 Å². The number of hydrogen-bond donors (Lipinski definition) is 1. The van der Waals surface area contributed by atoms with Crippen LogP contribution in [0.1, 0.15) is 12.0 Å². The zero-order valence-electron chi connectivity index (χ0n) is 8.62. The Balaban J connectivity index is 1.97. The van der Waals surface area contributed by atoms with Crippen LogP contribution in [0, 0.1) is 18.2 Å². The fourth-order valence-electron chi connectivity index (χ4n) is 1.74. The van der Waals surface area contributed by atoms with Gasteiger partial charge < -0.3 is 5.32 Å². The van der Waals surface area contributed by atoms with E-state index in [0.717, 1.165) is 25.1 Å². The summed E-state index contributed by atoms with van der Waals surface area (Å²) in [5.74, 6) is 0.348. The number of nitrogens with one attached hydrogen (secondary N) is 1. The second-order valence-corrected chi connectivity index (χ2v) is 3.81. The lowest BCUT2D eigenvalue weighted by Gasteiger charge is -2.18. The van der Waals surface area contributed by atoms with Crippen molar-refractivity contribution >= 4 is 6.08 Å². The standard InChI is InChI=1S/C13H15FN/c14-13-3-1-2-12(10-13)5-4-11-6-8-15-9-7-11/h1-6,10-11,15H,7-9H2. The number of hydrogen-bond acceptors (Lipinski definition) is 1. The van der Waals surface area contributed by atoms with Crippen molar-refractivity contribution in [2.75, 3.05) is 13.1 Å². The van der Waals surface area contributed by atoms with Crippen molar-refractivity contribution < 1.29 is 4.39 Å². The Morgan fingerprint density at radius 3 is 3.07 bits per heavy atom. The summed E-state index contributed by atoms with van der Waals surface area (Å²) in [7, 11) is 0. The molecule has 1 radical (unpaired) electrons. The van der Waals surface area contributed by atoms with Crippen molar-refractivity contribution in [3.63, 3.8) is 0 Å². The molecule has 0 spiro atoms. The summed E-state index contributed by atoms with van der Waals surface area (Å²) in [5.41, 5.74) is 0.932. The number of benzene rings is 1. The Morgan fingerprint density at radius 1 is 1.40 bits per heavy atom. The molecular formula is C13H15FN. The van der Waals surface area contributed by atoms with Crippen molar-refractivity contribution in [1.82, 2.24) is 5.32 Å². The van der Waals surface area contributed by atoms with Crippen LogP contribution in [0.25, 0.3) is 6.08 Å². The van der Waals surface area contributed by atoms with Crippen LogP contribution in [0.4, 0.5) is 4.39 Å². The maximum absolute atomic E-state index is 12.9. The zero-order chi connectivity index (χ0) is 10.5. The smallest absolute Gasteiger partial charge is 0.123 e. The van der Waals surface area contributed by atoms with Crippen LogP contribution < -0.4 is 5.32 Å². The predicted molar refractivity (Wildman–Crippen MR) is 60.7 cm³/mol. The fraction of sp³-hybridized carbons (Fsp3) is 0.308. The van der Waals surface area contributed by atoms with Crippen LogP contribution in [-0.4, -0.2) is 13.1 Å². The van der Waals surface area contributed by atoms with Gasteiger partial charge in [-0.3, -0.25) is 0 Å². The summed E-state index contributed by atoms with van der Waals surface area (Å²) in [4.78, 5) is 0. The van der Waals surface area contributed by atoms with Gasteiger partial charge in [-0.15, -0.1) is 0 Å². The van der Waals surface area contributed by atoms with Crippen molar-refractivity contribution in [2.45, 2.75) is 6.42 Å². The lowest BCUT2D eigenvalue weighted by Crippen LogP contribution is -2.27. The molecule has 1 aromatic carbocycles. The van der Waals surface area contributed by atoms with Gasteiger partial charge in [-0.05, 0) is 49.5 Å². The minimum absolute atomic E-state index is 0.175. The van der Waals surface area contributed by atoms with Crippen LogP contribution in [0.2, 0.25) is 0 Å². The summed E-state index contributed by atoms with van der Waals surface area (Å²) in [6.07, 6.45) is 7.52. The van der Waals surface area contributed by atoms with E-state index in [-0.39, 0.29) is 5.82 Å². The lowest BCUT2D eigenvalue weighted by molar-refractivity contribution is 0.527. The maximum Gasteiger partial charge on any atom is 0.123 e. The topological polar surface area (TPSA) is 12.0 Å². The normalized spacial score (nSPS) is 18.5. The van der Waals surface area contributed by atoms with Crippen LogP contribution in [0.15, 0.2) is 30.3 Å². The molecule has 0 amide bonds. The minimum atomic E-state index is -0.175. The van der Waals surface area contributed by atoms with E-state index in [1.165, 1.54) is 6.07 Å². The first-order valence-corrected chi connectivity index (χ1v) is 5.32. The number of rotatable bonds is 2. The number of allylic oxidation sites excluding steroid dienone is 1. The Morgan fingerprint density at radius 2 is 2.33 bits per heavy atom. The lowest BCUT2D eigenvalue weighted by atomic mass is 9.97. The summed E-state index contributed by atoms with van der Waals surface area (Å²) in [6.45, 7) is 2.03. The molecule has 0 aliphatic carbocycles. The molecule has 1 aromatic rings. The highest BCUT2D eigenvalue weighted by atomic mass is 19.1. The summed E-state index contributed by atoms with van der Waals surface area (Å²) in [6, 6.07) is 6.67. The molecule has 0 saturated carbocycles. The molecule has 79 valence electrons. The van der Waals surface area contributed by atoms with Gasteiger partial charge in [0.2, 0.25) is 0 Å². The largest absolute Gasteiger partial charge is 0.316 e. The highest BCUT2D eigenvalue weighted by Crippen LogP contribution is 2.14. The predicted octanol–water partition coefficient (Wildman–Crippen LogP) is 2.65. The molecule has 1 aliphatic heterocycles. The van der Waals surface area contributed by atoms with E-state index < -0.39 is 0 Å². The first kappa shape index (κ1) is 10.4. The molecule has 2 rings (SSSR count). The second-order valence-electron chi connectivity index (χ2n) is 3.81. The molecule has 1 N–H and O–H groups in total. The SMILES string of the molecule is Fc1cccc(C=CC2[CH]CNCC2)c1. The van der Waals surface area contributed by atoms with Gasteiger partial charge in [0, 0.05) is 0 Å². The van der Waals surface area contributed by atoms with Crippen LogP contribution in [0.5, 0.6) is 0 Å². The molecule has 1 aliphatic rings. The first-order chi connectivity index (χ1) is 7.34. The van der Waals surface area contributed by atoms with E-state index >= 15 is 0 Å². The first-order valence-electron chi connectivity index (χ1n) is 5.32. The molecule has 15 heavy (non-hydrogen) atoms. The maximum atomic E-state index is 12.9. The van der Waals surface area contributed by atoms with Gasteiger partial charge in [-0.2, -0.15) is 0 Å². The second kappa shape index (κ2) is 5.08. The van der Waals surface area contributed by atoms with Gasteiger partial charge in [0.1, 0.15) is 5.82 Å². The minimum Gasteiger partial charge on any atom is -0.316 e. The highest BCUT2D eigenvalue weighted by Gasteiger charge is 2.09. The van der Waals surface area contributed by atoms with Gasteiger partial charge in [-0.1, -0.05) is 24.3 Å². The van der Waals surface area contributed by atoms with E-state index in [1.807, 2.05) is 12.1 Å². The van der Waals surface area contributed by atoms with Gasteiger partial charge >= 0.3 is 0 Å². The van der Waals surface area contributed by atoms with Crippen molar-refractivity contribution in [2.24, 2.45) is 5.92 Å². The molecular weight excluding hydrogens is 189 g/mol.